The summed E-state index contributed by atoms with van der Waals surface area (Å²) in [5.41, 5.74) is 0.563. The van der Waals surface area contributed by atoms with E-state index in [9.17, 15) is 4.79 Å². The fraction of sp³-hybridized carbons (Fsp3) is 0.167. The van der Waals surface area contributed by atoms with Crippen molar-refractivity contribution in [2.75, 3.05) is 11.9 Å². The van der Waals surface area contributed by atoms with Gasteiger partial charge in [-0.15, -0.1) is 0 Å². The van der Waals surface area contributed by atoms with Crippen LogP contribution in [0.5, 0.6) is 0 Å². The van der Waals surface area contributed by atoms with Crippen molar-refractivity contribution in [1.29, 1.82) is 0 Å². The Morgan fingerprint density at radius 3 is 3.17 bits per heavy atom. The van der Waals surface area contributed by atoms with Crippen LogP contribution in [0.2, 0.25) is 0 Å². The number of nitrogens with zero attached hydrogens (tertiary/aromatic N) is 2. The molecule has 6 heteroatoms. The Morgan fingerprint density at radius 2 is 2.50 bits per heavy atom. The van der Waals surface area contributed by atoms with Gasteiger partial charge in [-0.25, -0.2) is 4.98 Å². The van der Waals surface area contributed by atoms with Gasteiger partial charge in [0.25, 0.3) is 5.91 Å². The molecule has 0 spiro atoms. The standard InChI is InChI=1S/C12H11N3O2S/c1-15-6-2-5-10(15)11(17)14-12-13-8-9(18-12)4-3-7-16/h2,5-6,8,16H,7H2,1H3,(H,13,14,17). The van der Waals surface area contributed by atoms with Crippen LogP contribution in [-0.2, 0) is 7.05 Å². The Balaban J connectivity index is 2.08. The van der Waals surface area contributed by atoms with E-state index in [-0.39, 0.29) is 12.5 Å². The van der Waals surface area contributed by atoms with Crippen molar-refractivity contribution in [2.24, 2.45) is 7.05 Å². The van der Waals surface area contributed by atoms with E-state index in [4.69, 9.17) is 5.11 Å². The van der Waals surface area contributed by atoms with Crippen LogP contribution in [0.25, 0.3) is 0 Å². The quantitative estimate of drug-likeness (QED) is 0.795. The molecule has 1 amide bonds. The van der Waals surface area contributed by atoms with Gasteiger partial charge in [0.15, 0.2) is 5.13 Å². The lowest BCUT2D eigenvalue weighted by atomic mass is 10.4. The lowest BCUT2D eigenvalue weighted by Gasteiger charge is -2.02. The number of aliphatic hydroxyl groups excluding tert-OH is 1. The minimum absolute atomic E-state index is 0.192. The molecule has 0 aromatic carbocycles. The summed E-state index contributed by atoms with van der Waals surface area (Å²) in [6, 6.07) is 3.53. The van der Waals surface area contributed by atoms with E-state index < -0.39 is 0 Å². The van der Waals surface area contributed by atoms with Crippen LogP contribution in [0, 0.1) is 11.8 Å². The molecule has 0 saturated heterocycles. The van der Waals surface area contributed by atoms with E-state index in [1.54, 1.807) is 36.1 Å². The fourth-order valence-electron chi connectivity index (χ4n) is 1.37. The Morgan fingerprint density at radius 1 is 1.67 bits per heavy atom. The van der Waals surface area contributed by atoms with Gasteiger partial charge in [-0.2, -0.15) is 0 Å². The van der Waals surface area contributed by atoms with Crippen LogP contribution in [-0.4, -0.2) is 27.2 Å². The highest BCUT2D eigenvalue weighted by Crippen LogP contribution is 2.17. The van der Waals surface area contributed by atoms with E-state index in [0.29, 0.717) is 15.7 Å². The van der Waals surface area contributed by atoms with Gasteiger partial charge in [-0.1, -0.05) is 23.2 Å². The Kier molecular flexibility index (Phi) is 3.77. The van der Waals surface area contributed by atoms with Gasteiger partial charge >= 0.3 is 0 Å². The molecule has 0 aliphatic carbocycles. The van der Waals surface area contributed by atoms with Crippen molar-refractivity contribution in [3.05, 3.63) is 35.1 Å². The highest BCUT2D eigenvalue weighted by molar-refractivity contribution is 7.16. The number of aliphatic hydroxyl groups is 1. The first kappa shape index (κ1) is 12.4. The second-order valence-corrected chi connectivity index (χ2v) is 4.48. The van der Waals surface area contributed by atoms with Crippen molar-refractivity contribution in [2.45, 2.75) is 0 Å². The molecule has 0 saturated carbocycles. The summed E-state index contributed by atoms with van der Waals surface area (Å²) in [7, 11) is 1.80. The molecule has 0 bridgehead atoms. The third kappa shape index (κ3) is 2.77. The molecule has 0 unspecified atom stereocenters. The zero-order valence-corrected chi connectivity index (χ0v) is 10.5. The molecule has 2 N–H and O–H groups in total. The summed E-state index contributed by atoms with van der Waals surface area (Å²) in [5.74, 6) is 5.05. The number of rotatable bonds is 2. The zero-order valence-electron chi connectivity index (χ0n) is 9.67. The monoisotopic (exact) mass is 261 g/mol. The van der Waals surface area contributed by atoms with Crippen molar-refractivity contribution in [3.8, 4) is 11.8 Å². The van der Waals surface area contributed by atoms with Crippen molar-refractivity contribution >= 4 is 22.4 Å². The molecule has 2 rings (SSSR count). The van der Waals surface area contributed by atoms with Gasteiger partial charge in [-0.3, -0.25) is 10.1 Å². The number of hydrogen-bond donors (Lipinski definition) is 2. The van der Waals surface area contributed by atoms with Crippen LogP contribution in [0.3, 0.4) is 0 Å². The molecular weight excluding hydrogens is 250 g/mol. The Bertz CT molecular complexity index is 619. The second kappa shape index (κ2) is 5.49. The summed E-state index contributed by atoms with van der Waals surface area (Å²) < 4.78 is 1.73. The molecule has 18 heavy (non-hydrogen) atoms. The van der Waals surface area contributed by atoms with Gasteiger partial charge in [0, 0.05) is 13.2 Å². The third-order valence-corrected chi connectivity index (χ3v) is 3.02. The number of anilines is 1. The van der Waals surface area contributed by atoms with Crippen LogP contribution in [0.1, 0.15) is 15.4 Å². The van der Waals surface area contributed by atoms with Gasteiger partial charge in [0.2, 0.25) is 0 Å². The van der Waals surface area contributed by atoms with Crippen LogP contribution in [0.4, 0.5) is 5.13 Å². The summed E-state index contributed by atoms with van der Waals surface area (Å²) in [6.45, 7) is -0.192. The lowest BCUT2D eigenvalue weighted by molar-refractivity contribution is 0.101. The topological polar surface area (TPSA) is 67.2 Å². The molecule has 0 aliphatic rings. The average molecular weight is 261 g/mol. The van der Waals surface area contributed by atoms with E-state index in [0.717, 1.165) is 0 Å². The average Bonchev–Trinajstić information content (AvgIpc) is 2.95. The van der Waals surface area contributed by atoms with Gasteiger partial charge in [0.1, 0.15) is 12.3 Å². The number of hydrogen-bond acceptors (Lipinski definition) is 4. The maximum absolute atomic E-state index is 11.9. The number of nitrogens with one attached hydrogen (secondary N) is 1. The molecule has 2 aromatic heterocycles. The van der Waals surface area contributed by atoms with Crippen molar-refractivity contribution < 1.29 is 9.90 Å². The number of carbonyl (C=O) groups is 1. The zero-order chi connectivity index (χ0) is 13.0. The summed E-state index contributed by atoms with van der Waals surface area (Å²) in [4.78, 5) is 16.6. The maximum Gasteiger partial charge on any atom is 0.274 e. The first-order chi connectivity index (χ1) is 8.70. The predicted octanol–water partition coefficient (Wildman–Crippen LogP) is 1.08. The third-order valence-electron chi connectivity index (χ3n) is 2.19. The van der Waals surface area contributed by atoms with Crippen LogP contribution in [0.15, 0.2) is 24.5 Å². The molecule has 0 radical (unpaired) electrons. The summed E-state index contributed by atoms with van der Waals surface area (Å²) >= 11 is 1.27. The van der Waals surface area contributed by atoms with Crippen LogP contribution >= 0.6 is 11.3 Å². The van der Waals surface area contributed by atoms with Crippen molar-refractivity contribution in [1.82, 2.24) is 9.55 Å². The number of aromatic nitrogens is 2. The van der Waals surface area contributed by atoms with Crippen molar-refractivity contribution in [3.63, 3.8) is 0 Å². The van der Waals surface area contributed by atoms with Gasteiger partial charge in [0.05, 0.1) is 11.1 Å². The number of amides is 1. The fourth-order valence-corrected chi connectivity index (χ4v) is 2.06. The molecule has 2 heterocycles. The second-order valence-electron chi connectivity index (χ2n) is 3.45. The molecule has 0 aliphatic heterocycles. The number of aryl methyl sites for hydroxylation is 1. The summed E-state index contributed by atoms with van der Waals surface area (Å²) in [5, 5.41) is 11.8. The maximum atomic E-state index is 11.9. The molecule has 0 atom stereocenters. The van der Waals surface area contributed by atoms with E-state index >= 15 is 0 Å². The van der Waals surface area contributed by atoms with E-state index in [1.165, 1.54) is 11.3 Å². The van der Waals surface area contributed by atoms with E-state index in [2.05, 4.69) is 22.1 Å². The summed E-state index contributed by atoms with van der Waals surface area (Å²) in [6.07, 6.45) is 3.36. The molecule has 0 fully saturated rings. The number of carbonyl (C=O) groups excluding carboxylic acids is 1. The molecule has 92 valence electrons. The van der Waals surface area contributed by atoms with E-state index in [1.807, 2.05) is 0 Å². The molecule has 2 aromatic rings. The molecular formula is C12H11N3O2S. The minimum Gasteiger partial charge on any atom is -0.384 e. The predicted molar refractivity (Wildman–Crippen MR) is 69.4 cm³/mol. The first-order valence-electron chi connectivity index (χ1n) is 5.19. The first-order valence-corrected chi connectivity index (χ1v) is 6.00. The highest BCUT2D eigenvalue weighted by Gasteiger charge is 2.10. The Hall–Kier alpha value is -2.10. The molecule has 5 nitrogen and oxygen atoms in total. The lowest BCUT2D eigenvalue weighted by Crippen LogP contribution is -2.14. The highest BCUT2D eigenvalue weighted by atomic mass is 32.1. The Labute approximate surface area is 108 Å². The SMILES string of the molecule is Cn1cccc1C(=O)Nc1ncc(C#CCO)s1. The largest absolute Gasteiger partial charge is 0.384 e. The van der Waals surface area contributed by atoms with Gasteiger partial charge in [-0.05, 0) is 12.1 Å². The van der Waals surface area contributed by atoms with Gasteiger partial charge < -0.3 is 9.67 Å². The minimum atomic E-state index is -0.210. The number of thiazole rings is 1. The van der Waals surface area contributed by atoms with Crippen LogP contribution < -0.4 is 5.32 Å². The normalized spacial score (nSPS) is 9.67. The smallest absolute Gasteiger partial charge is 0.274 e.